The van der Waals surface area contributed by atoms with Crippen molar-refractivity contribution in [3.05, 3.63) is 59.7 Å². The van der Waals surface area contributed by atoms with Gasteiger partial charge in [-0.2, -0.15) is 0 Å². The van der Waals surface area contributed by atoms with Crippen molar-refractivity contribution in [1.29, 1.82) is 0 Å². The minimum atomic E-state index is -0.372. The van der Waals surface area contributed by atoms with Crippen LogP contribution in [0.2, 0.25) is 0 Å². The van der Waals surface area contributed by atoms with Crippen molar-refractivity contribution in [2.75, 3.05) is 19.8 Å². The molecule has 3 rings (SSSR count). The topological polar surface area (TPSA) is 65.1 Å². The highest BCUT2D eigenvalue weighted by Gasteiger charge is 2.19. The molecule has 31 heavy (non-hydrogen) atoms. The van der Waals surface area contributed by atoms with Crippen LogP contribution in [0.3, 0.4) is 0 Å². The highest BCUT2D eigenvalue weighted by Crippen LogP contribution is 2.28. The summed E-state index contributed by atoms with van der Waals surface area (Å²) >= 11 is 0. The van der Waals surface area contributed by atoms with Crippen molar-refractivity contribution in [3.63, 3.8) is 0 Å². The van der Waals surface area contributed by atoms with E-state index in [1.165, 1.54) is 6.42 Å². The molecule has 1 heterocycles. The zero-order chi connectivity index (χ0) is 22.5. The van der Waals surface area contributed by atoms with Gasteiger partial charge < -0.3 is 14.2 Å². The molecular formula is C26H34O5. The van der Waals surface area contributed by atoms with E-state index < -0.39 is 0 Å². The van der Waals surface area contributed by atoms with Crippen LogP contribution in [-0.2, 0) is 14.2 Å². The Morgan fingerprint density at radius 1 is 0.806 bits per heavy atom. The first-order valence-electron chi connectivity index (χ1n) is 11.3. The molecule has 1 unspecified atom stereocenters. The van der Waals surface area contributed by atoms with E-state index in [4.69, 9.17) is 14.2 Å². The number of esters is 2. The van der Waals surface area contributed by atoms with Gasteiger partial charge in [-0.15, -0.1) is 0 Å². The van der Waals surface area contributed by atoms with Gasteiger partial charge in [0.05, 0.1) is 37.1 Å². The third-order valence-electron chi connectivity index (χ3n) is 4.90. The number of hydrogen-bond acceptors (Lipinski definition) is 5. The van der Waals surface area contributed by atoms with Crippen LogP contribution in [0, 0.1) is 0 Å². The Hall–Kier alpha value is -2.66. The number of carbonyl (C=O) groups excluding carboxylic acids is 2. The average Bonchev–Trinajstić information content (AvgIpc) is 3.64. The van der Waals surface area contributed by atoms with E-state index in [0.717, 1.165) is 32.3 Å². The first kappa shape index (κ1) is 24.6. The van der Waals surface area contributed by atoms with Gasteiger partial charge in [-0.3, -0.25) is 0 Å². The number of carbonyl (C=O) groups is 2. The molecule has 0 amide bonds. The molecule has 0 saturated carbocycles. The second-order valence-electron chi connectivity index (χ2n) is 7.43. The van der Waals surface area contributed by atoms with Crippen LogP contribution in [0.25, 0.3) is 11.1 Å². The van der Waals surface area contributed by atoms with Crippen molar-refractivity contribution in [2.45, 2.75) is 59.0 Å². The summed E-state index contributed by atoms with van der Waals surface area (Å²) < 4.78 is 15.6. The molecule has 0 N–H and O–H groups in total. The number of unbranched alkanes of at least 4 members (excludes halogenated alkanes) is 2. The Morgan fingerprint density at radius 3 is 1.55 bits per heavy atom. The minimum Gasteiger partial charge on any atom is -0.462 e. The van der Waals surface area contributed by atoms with Crippen molar-refractivity contribution < 1.29 is 23.8 Å². The van der Waals surface area contributed by atoms with Crippen LogP contribution in [0.5, 0.6) is 0 Å². The van der Waals surface area contributed by atoms with Gasteiger partial charge >= 0.3 is 11.9 Å². The van der Waals surface area contributed by atoms with E-state index in [-0.39, 0.29) is 11.9 Å². The molecular weight excluding hydrogens is 392 g/mol. The minimum absolute atomic E-state index is 0.372. The van der Waals surface area contributed by atoms with Gasteiger partial charge in [0.2, 0.25) is 0 Å². The summed E-state index contributed by atoms with van der Waals surface area (Å²) in [4.78, 5) is 24.9. The second-order valence-corrected chi connectivity index (χ2v) is 7.43. The van der Waals surface area contributed by atoms with Crippen LogP contribution in [0.15, 0.2) is 48.5 Å². The van der Waals surface area contributed by atoms with Crippen molar-refractivity contribution in [1.82, 2.24) is 0 Å². The molecule has 1 saturated heterocycles. The summed E-state index contributed by atoms with van der Waals surface area (Å²) in [6, 6.07) is 14.4. The summed E-state index contributed by atoms with van der Waals surface area (Å²) in [6.45, 7) is 8.02. The molecule has 0 bridgehead atoms. The Kier molecular flexibility index (Phi) is 10.8. The van der Waals surface area contributed by atoms with Crippen molar-refractivity contribution in [3.8, 4) is 11.1 Å². The van der Waals surface area contributed by atoms with Gasteiger partial charge in [-0.25, -0.2) is 9.59 Å². The maximum atomic E-state index is 12.5. The van der Waals surface area contributed by atoms with E-state index in [2.05, 4.69) is 6.92 Å². The molecule has 168 valence electrons. The molecule has 1 aliphatic heterocycles. The molecule has 0 aromatic heterocycles. The third kappa shape index (κ3) is 8.18. The second kappa shape index (κ2) is 13.6. The lowest BCUT2D eigenvalue weighted by atomic mass is 9.95. The van der Waals surface area contributed by atoms with Gasteiger partial charge in [0.15, 0.2) is 0 Å². The summed E-state index contributed by atoms with van der Waals surface area (Å²) in [5.41, 5.74) is 2.27. The van der Waals surface area contributed by atoms with Crippen LogP contribution in [-0.4, -0.2) is 37.9 Å². The molecule has 1 fully saturated rings. The molecule has 1 atom stereocenters. The lowest BCUT2D eigenvalue weighted by Crippen LogP contribution is -2.11. The Bertz CT molecular complexity index is 763. The highest BCUT2D eigenvalue weighted by molar-refractivity contribution is 6.03. The SMILES string of the molecule is CCC1CO1.CCCCOC(=O)c1ccccc1-c1ccccc1C(=O)OCCCC. The standard InChI is InChI=1S/C22H26O4.C4H8O/c1-3-5-15-25-21(23)19-13-9-7-11-17(19)18-12-8-10-14-20(18)22(24)26-16-6-4-2;1-2-4-3-5-4/h7-14H,3-6,15-16H2,1-2H3;4H,2-3H2,1H3. The summed E-state index contributed by atoms with van der Waals surface area (Å²) in [5, 5.41) is 0. The number of epoxide rings is 1. The molecule has 2 aromatic rings. The van der Waals surface area contributed by atoms with Gasteiger partial charge in [-0.1, -0.05) is 70.0 Å². The largest absolute Gasteiger partial charge is 0.462 e. The molecule has 0 spiro atoms. The predicted octanol–water partition coefficient (Wildman–Crippen LogP) is 6.06. The maximum absolute atomic E-state index is 12.5. The molecule has 5 heteroatoms. The van der Waals surface area contributed by atoms with Gasteiger partial charge in [-0.05, 0) is 42.5 Å². The third-order valence-corrected chi connectivity index (χ3v) is 4.90. The molecule has 0 aliphatic carbocycles. The lowest BCUT2D eigenvalue weighted by Gasteiger charge is -2.13. The summed E-state index contributed by atoms with van der Waals surface area (Å²) in [6.07, 6.45) is 5.40. The zero-order valence-electron chi connectivity index (χ0n) is 18.9. The van der Waals surface area contributed by atoms with E-state index in [1.54, 1.807) is 24.3 Å². The number of ether oxygens (including phenoxy) is 3. The van der Waals surface area contributed by atoms with E-state index in [1.807, 2.05) is 38.1 Å². The first-order chi connectivity index (χ1) is 15.1. The Balaban J connectivity index is 0.000000597. The van der Waals surface area contributed by atoms with Crippen LogP contribution in [0.4, 0.5) is 0 Å². The van der Waals surface area contributed by atoms with Gasteiger partial charge in [0.1, 0.15) is 0 Å². The smallest absolute Gasteiger partial charge is 0.338 e. The Labute approximate surface area is 185 Å². The van der Waals surface area contributed by atoms with Crippen molar-refractivity contribution >= 4 is 11.9 Å². The quantitative estimate of drug-likeness (QED) is 0.262. The average molecular weight is 427 g/mol. The van der Waals surface area contributed by atoms with E-state index in [0.29, 0.717) is 41.6 Å². The number of rotatable bonds is 10. The fourth-order valence-corrected chi connectivity index (χ4v) is 2.87. The number of benzene rings is 2. The van der Waals surface area contributed by atoms with E-state index >= 15 is 0 Å². The molecule has 0 radical (unpaired) electrons. The Morgan fingerprint density at radius 2 is 1.23 bits per heavy atom. The zero-order valence-corrected chi connectivity index (χ0v) is 18.9. The number of hydrogen-bond donors (Lipinski definition) is 0. The predicted molar refractivity (Wildman–Crippen MR) is 122 cm³/mol. The highest BCUT2D eigenvalue weighted by atomic mass is 16.6. The van der Waals surface area contributed by atoms with Gasteiger partial charge in [0.25, 0.3) is 0 Å². The van der Waals surface area contributed by atoms with Crippen LogP contribution >= 0.6 is 0 Å². The van der Waals surface area contributed by atoms with Crippen molar-refractivity contribution in [2.24, 2.45) is 0 Å². The molecule has 1 aliphatic rings. The first-order valence-corrected chi connectivity index (χ1v) is 11.3. The fourth-order valence-electron chi connectivity index (χ4n) is 2.87. The summed E-state index contributed by atoms with van der Waals surface area (Å²) in [5.74, 6) is -0.744. The van der Waals surface area contributed by atoms with Gasteiger partial charge in [0, 0.05) is 0 Å². The molecule has 2 aromatic carbocycles. The maximum Gasteiger partial charge on any atom is 0.338 e. The monoisotopic (exact) mass is 426 g/mol. The normalized spacial score (nSPS) is 14.2. The van der Waals surface area contributed by atoms with Crippen LogP contribution < -0.4 is 0 Å². The lowest BCUT2D eigenvalue weighted by molar-refractivity contribution is 0.0488. The van der Waals surface area contributed by atoms with Crippen LogP contribution in [0.1, 0.15) is 73.6 Å². The van der Waals surface area contributed by atoms with E-state index in [9.17, 15) is 9.59 Å². The molecule has 5 nitrogen and oxygen atoms in total. The summed E-state index contributed by atoms with van der Waals surface area (Å²) in [7, 11) is 0. The fraction of sp³-hybridized carbons (Fsp3) is 0.462.